The second kappa shape index (κ2) is 6.75. The molecule has 0 fully saturated rings. The zero-order valence-electron chi connectivity index (χ0n) is 11.5. The number of nitrogens with two attached hydrogens (primary N) is 1. The van der Waals surface area contributed by atoms with E-state index in [1.165, 1.54) is 6.07 Å². The molecule has 0 saturated heterocycles. The second-order valence-electron chi connectivity index (χ2n) is 4.93. The van der Waals surface area contributed by atoms with Crippen molar-refractivity contribution in [3.8, 4) is 0 Å². The quantitative estimate of drug-likeness (QED) is 0.883. The maximum atomic E-state index is 13.7. The summed E-state index contributed by atoms with van der Waals surface area (Å²) in [7, 11) is 0. The lowest BCUT2D eigenvalue weighted by Crippen LogP contribution is -2.21. The van der Waals surface area contributed by atoms with Crippen molar-refractivity contribution in [1.82, 2.24) is 0 Å². The largest absolute Gasteiger partial charge is 0.388 e. The molecule has 0 heterocycles. The Balaban J connectivity index is 2.43. The molecule has 0 saturated carbocycles. The molecule has 0 aliphatic heterocycles. The van der Waals surface area contributed by atoms with Gasteiger partial charge in [-0.15, -0.1) is 0 Å². The highest BCUT2D eigenvalue weighted by Crippen LogP contribution is 2.38. The molecule has 5 heteroatoms. The van der Waals surface area contributed by atoms with E-state index in [1.54, 1.807) is 37.3 Å². The molecule has 21 heavy (non-hydrogen) atoms. The molecular weight excluding hydrogens is 312 g/mol. The van der Waals surface area contributed by atoms with Crippen molar-refractivity contribution >= 4 is 23.2 Å². The van der Waals surface area contributed by atoms with E-state index in [0.29, 0.717) is 26.7 Å². The fourth-order valence-corrected chi connectivity index (χ4v) is 2.97. The van der Waals surface area contributed by atoms with Crippen molar-refractivity contribution in [1.29, 1.82) is 0 Å². The van der Waals surface area contributed by atoms with Gasteiger partial charge in [0.1, 0.15) is 5.82 Å². The summed E-state index contributed by atoms with van der Waals surface area (Å²) in [6, 6.07) is 9.71. The lowest BCUT2D eigenvalue weighted by atomic mass is 9.88. The van der Waals surface area contributed by atoms with Crippen LogP contribution in [0, 0.1) is 12.7 Å². The van der Waals surface area contributed by atoms with Crippen molar-refractivity contribution in [3.05, 3.63) is 69.0 Å². The van der Waals surface area contributed by atoms with Crippen LogP contribution in [-0.4, -0.2) is 11.7 Å². The van der Waals surface area contributed by atoms with Crippen LogP contribution in [-0.2, 0) is 0 Å². The molecule has 0 radical (unpaired) electrons. The molecule has 2 unspecified atom stereocenters. The van der Waals surface area contributed by atoms with E-state index in [1.807, 2.05) is 0 Å². The maximum absolute atomic E-state index is 13.7. The predicted molar refractivity (Wildman–Crippen MR) is 84.4 cm³/mol. The van der Waals surface area contributed by atoms with Crippen molar-refractivity contribution < 1.29 is 9.50 Å². The van der Waals surface area contributed by atoms with Crippen LogP contribution in [0.1, 0.15) is 28.7 Å². The summed E-state index contributed by atoms with van der Waals surface area (Å²) in [5.74, 6) is -0.874. The maximum Gasteiger partial charge on any atom is 0.126 e. The molecule has 2 atom stereocenters. The Morgan fingerprint density at radius 3 is 2.33 bits per heavy atom. The van der Waals surface area contributed by atoms with Crippen molar-refractivity contribution in [2.24, 2.45) is 5.73 Å². The standard InChI is InChI=1S/C16H16Cl2FNO/c1-9-5-6-10(7-14(9)19)16(21)11(8-20)15-12(17)3-2-4-13(15)18/h2-7,11,16,21H,8,20H2,1H3. The van der Waals surface area contributed by atoms with E-state index in [9.17, 15) is 9.50 Å². The van der Waals surface area contributed by atoms with Crippen molar-refractivity contribution in [2.45, 2.75) is 18.9 Å². The van der Waals surface area contributed by atoms with E-state index in [-0.39, 0.29) is 12.4 Å². The van der Waals surface area contributed by atoms with Crippen LogP contribution in [0.5, 0.6) is 0 Å². The normalized spacial score (nSPS) is 14.0. The number of halogens is 3. The molecule has 112 valence electrons. The highest BCUT2D eigenvalue weighted by Gasteiger charge is 2.26. The van der Waals surface area contributed by atoms with Gasteiger partial charge in [-0.2, -0.15) is 0 Å². The minimum Gasteiger partial charge on any atom is -0.388 e. The topological polar surface area (TPSA) is 46.2 Å². The van der Waals surface area contributed by atoms with Gasteiger partial charge in [0, 0.05) is 22.5 Å². The Labute approximate surface area is 133 Å². The Bertz CT molecular complexity index is 628. The molecule has 0 spiro atoms. The van der Waals surface area contributed by atoms with Crippen LogP contribution in [0.4, 0.5) is 4.39 Å². The first-order valence-electron chi connectivity index (χ1n) is 6.53. The third-order valence-electron chi connectivity index (χ3n) is 3.54. The van der Waals surface area contributed by atoms with E-state index in [4.69, 9.17) is 28.9 Å². The number of aliphatic hydroxyl groups is 1. The van der Waals surface area contributed by atoms with Gasteiger partial charge in [-0.25, -0.2) is 4.39 Å². The van der Waals surface area contributed by atoms with Gasteiger partial charge in [-0.05, 0) is 41.8 Å². The molecule has 0 bridgehead atoms. The van der Waals surface area contributed by atoms with Gasteiger partial charge in [0.25, 0.3) is 0 Å². The first-order valence-corrected chi connectivity index (χ1v) is 7.29. The summed E-state index contributed by atoms with van der Waals surface area (Å²) in [4.78, 5) is 0. The molecule has 3 N–H and O–H groups in total. The van der Waals surface area contributed by atoms with Crippen molar-refractivity contribution in [3.63, 3.8) is 0 Å². The average molecular weight is 328 g/mol. The lowest BCUT2D eigenvalue weighted by Gasteiger charge is -2.24. The third kappa shape index (κ3) is 3.38. The minimum atomic E-state index is -0.984. The lowest BCUT2D eigenvalue weighted by molar-refractivity contribution is 0.147. The van der Waals surface area contributed by atoms with E-state index < -0.39 is 12.0 Å². The molecule has 0 aliphatic carbocycles. The van der Waals surface area contributed by atoms with Gasteiger partial charge in [-0.3, -0.25) is 0 Å². The summed E-state index contributed by atoms with van der Waals surface area (Å²) >= 11 is 12.3. The monoisotopic (exact) mass is 327 g/mol. The van der Waals surface area contributed by atoms with Gasteiger partial charge >= 0.3 is 0 Å². The second-order valence-corrected chi connectivity index (χ2v) is 5.75. The van der Waals surface area contributed by atoms with E-state index in [0.717, 1.165) is 0 Å². The molecular formula is C16H16Cl2FNO. The first-order chi connectivity index (χ1) is 9.95. The highest BCUT2D eigenvalue weighted by molar-refractivity contribution is 6.36. The average Bonchev–Trinajstić information content (AvgIpc) is 2.45. The molecule has 2 nitrogen and oxygen atoms in total. The summed E-state index contributed by atoms with van der Waals surface area (Å²) in [5.41, 5.74) is 7.33. The van der Waals surface area contributed by atoms with Crippen LogP contribution in [0.2, 0.25) is 10.0 Å². The Morgan fingerprint density at radius 2 is 1.81 bits per heavy atom. The Kier molecular flexibility index (Phi) is 5.22. The van der Waals surface area contributed by atoms with Crippen LogP contribution in [0.25, 0.3) is 0 Å². The number of aliphatic hydroxyl groups excluding tert-OH is 1. The van der Waals surface area contributed by atoms with Gasteiger partial charge in [0.05, 0.1) is 6.10 Å². The van der Waals surface area contributed by atoms with Crippen LogP contribution < -0.4 is 5.73 Å². The molecule has 0 aliphatic rings. The molecule has 2 aromatic carbocycles. The highest BCUT2D eigenvalue weighted by atomic mass is 35.5. The van der Waals surface area contributed by atoms with E-state index >= 15 is 0 Å². The molecule has 2 aromatic rings. The number of hydrogen-bond acceptors (Lipinski definition) is 2. The molecule has 0 amide bonds. The number of rotatable bonds is 4. The number of benzene rings is 2. The molecule has 0 aromatic heterocycles. The fourth-order valence-electron chi connectivity index (χ4n) is 2.29. The van der Waals surface area contributed by atoms with Crippen LogP contribution in [0.3, 0.4) is 0 Å². The van der Waals surface area contributed by atoms with Crippen LogP contribution >= 0.6 is 23.2 Å². The zero-order chi connectivity index (χ0) is 15.6. The Hall–Kier alpha value is -1.13. The zero-order valence-corrected chi connectivity index (χ0v) is 13.0. The summed E-state index contributed by atoms with van der Waals surface area (Å²) in [6.45, 7) is 1.80. The fraction of sp³-hybridized carbons (Fsp3) is 0.250. The molecule has 2 rings (SSSR count). The summed E-state index contributed by atoms with van der Waals surface area (Å²) < 4.78 is 13.7. The smallest absolute Gasteiger partial charge is 0.126 e. The third-order valence-corrected chi connectivity index (χ3v) is 4.20. The van der Waals surface area contributed by atoms with E-state index in [2.05, 4.69) is 0 Å². The van der Waals surface area contributed by atoms with Crippen LogP contribution in [0.15, 0.2) is 36.4 Å². The predicted octanol–water partition coefficient (Wildman–Crippen LogP) is 4.22. The SMILES string of the molecule is Cc1ccc(C(O)C(CN)c2c(Cl)cccc2Cl)cc1F. The van der Waals surface area contributed by atoms with Gasteiger partial charge in [0.2, 0.25) is 0 Å². The van der Waals surface area contributed by atoms with Gasteiger partial charge in [-0.1, -0.05) is 41.4 Å². The Morgan fingerprint density at radius 1 is 1.19 bits per heavy atom. The number of aryl methyl sites for hydroxylation is 1. The van der Waals surface area contributed by atoms with Gasteiger partial charge in [0.15, 0.2) is 0 Å². The number of hydrogen-bond donors (Lipinski definition) is 2. The van der Waals surface area contributed by atoms with Gasteiger partial charge < -0.3 is 10.8 Å². The minimum absolute atomic E-state index is 0.139. The van der Waals surface area contributed by atoms with Crippen molar-refractivity contribution in [2.75, 3.05) is 6.54 Å². The summed E-state index contributed by atoms with van der Waals surface area (Å²) in [5, 5.41) is 11.4. The summed E-state index contributed by atoms with van der Waals surface area (Å²) in [6.07, 6.45) is -0.984. The first kappa shape index (κ1) is 16.2.